The largest absolute Gasteiger partial charge is 0.497 e. The lowest BCUT2D eigenvalue weighted by Gasteiger charge is -2.50. The van der Waals surface area contributed by atoms with Crippen LogP contribution < -0.4 is 4.74 Å². The van der Waals surface area contributed by atoms with E-state index in [-0.39, 0.29) is 5.41 Å². The van der Waals surface area contributed by atoms with Gasteiger partial charge in [0.15, 0.2) is 0 Å². The molecule has 3 aliphatic carbocycles. The predicted molar refractivity (Wildman–Crippen MR) is 96.4 cm³/mol. The number of carbonyl (C=O) groups excluding carboxylic acids is 1. The molecule has 2 fully saturated rings. The van der Waals surface area contributed by atoms with E-state index in [2.05, 4.69) is 32.0 Å². The number of aryl methyl sites for hydroxylation is 1. The average Bonchev–Trinajstić information content (AvgIpc) is 2.85. The van der Waals surface area contributed by atoms with Gasteiger partial charge in [-0.2, -0.15) is 0 Å². The minimum atomic E-state index is -0.0367. The fourth-order valence-electron chi connectivity index (χ4n) is 6.38. The molecule has 130 valence electrons. The Hall–Kier alpha value is -1.31. The van der Waals surface area contributed by atoms with E-state index in [0.717, 1.165) is 25.0 Å². The van der Waals surface area contributed by atoms with Crippen LogP contribution in [0.3, 0.4) is 0 Å². The van der Waals surface area contributed by atoms with Crippen LogP contribution in [0.4, 0.5) is 0 Å². The Morgan fingerprint density at radius 1 is 1.29 bits per heavy atom. The van der Waals surface area contributed by atoms with Crippen molar-refractivity contribution >= 4 is 5.78 Å². The first-order chi connectivity index (χ1) is 11.6. The molecule has 0 spiro atoms. The van der Waals surface area contributed by atoms with Gasteiger partial charge in [-0.1, -0.05) is 26.3 Å². The Bertz CT molecular complexity index is 649. The molecular formula is C22H30O2. The highest BCUT2D eigenvalue weighted by atomic mass is 16.5. The number of ketones is 1. The van der Waals surface area contributed by atoms with Crippen LogP contribution in [0.5, 0.6) is 5.75 Å². The standard InChI is InChI=1S/C22H30O2/c1-4-5-15-13-20(23)22(2)11-10-18-17-9-7-16(24-3)12-14(17)6-8-19(18)21(15)22/h7,9,12,15,18-19,21H,4-6,8,10-11,13H2,1-3H3. The quantitative estimate of drug-likeness (QED) is 0.768. The van der Waals surface area contributed by atoms with Crippen LogP contribution >= 0.6 is 0 Å². The molecule has 4 rings (SSSR count). The van der Waals surface area contributed by atoms with Gasteiger partial charge in [0, 0.05) is 11.8 Å². The number of carbonyl (C=O) groups is 1. The lowest BCUT2D eigenvalue weighted by atomic mass is 9.54. The number of rotatable bonds is 3. The zero-order valence-electron chi connectivity index (χ0n) is 15.3. The van der Waals surface area contributed by atoms with Crippen LogP contribution in [-0.4, -0.2) is 12.9 Å². The minimum Gasteiger partial charge on any atom is -0.497 e. The first kappa shape index (κ1) is 16.2. The first-order valence-corrected chi connectivity index (χ1v) is 9.78. The number of hydrogen-bond acceptors (Lipinski definition) is 2. The monoisotopic (exact) mass is 326 g/mol. The van der Waals surface area contributed by atoms with Gasteiger partial charge >= 0.3 is 0 Å². The molecule has 24 heavy (non-hydrogen) atoms. The molecule has 1 aromatic rings. The van der Waals surface area contributed by atoms with Crippen LogP contribution in [0.15, 0.2) is 18.2 Å². The lowest BCUT2D eigenvalue weighted by molar-refractivity contribution is -0.129. The smallest absolute Gasteiger partial charge is 0.139 e. The van der Waals surface area contributed by atoms with Crippen LogP contribution in [0.1, 0.15) is 69.4 Å². The van der Waals surface area contributed by atoms with Crippen molar-refractivity contribution in [2.75, 3.05) is 7.11 Å². The second kappa shape index (κ2) is 5.89. The molecule has 0 aliphatic heterocycles. The molecule has 0 bridgehead atoms. The predicted octanol–water partition coefficient (Wildman–Crippen LogP) is 5.15. The summed E-state index contributed by atoms with van der Waals surface area (Å²) in [5, 5.41) is 0. The van der Waals surface area contributed by atoms with E-state index >= 15 is 0 Å². The fraction of sp³-hybridized carbons (Fsp3) is 0.682. The van der Waals surface area contributed by atoms with E-state index in [9.17, 15) is 4.79 Å². The molecule has 0 saturated heterocycles. The van der Waals surface area contributed by atoms with Gasteiger partial charge in [-0.25, -0.2) is 0 Å². The van der Waals surface area contributed by atoms with Gasteiger partial charge < -0.3 is 4.74 Å². The second-order valence-corrected chi connectivity index (χ2v) is 8.53. The zero-order chi connectivity index (χ0) is 16.9. The molecule has 5 atom stereocenters. The highest BCUT2D eigenvalue weighted by Gasteiger charge is 2.58. The van der Waals surface area contributed by atoms with E-state index < -0.39 is 0 Å². The molecule has 1 aromatic carbocycles. The Balaban J connectivity index is 1.70. The summed E-state index contributed by atoms with van der Waals surface area (Å²) in [5.41, 5.74) is 2.99. The topological polar surface area (TPSA) is 26.3 Å². The molecular weight excluding hydrogens is 296 g/mol. The van der Waals surface area contributed by atoms with E-state index in [4.69, 9.17) is 4.74 Å². The van der Waals surface area contributed by atoms with Crippen LogP contribution in [0, 0.1) is 23.2 Å². The first-order valence-electron chi connectivity index (χ1n) is 9.78. The molecule has 0 heterocycles. The van der Waals surface area contributed by atoms with Crippen molar-refractivity contribution in [1.29, 1.82) is 0 Å². The van der Waals surface area contributed by atoms with Crippen molar-refractivity contribution in [2.45, 2.75) is 64.7 Å². The van der Waals surface area contributed by atoms with Crippen molar-refractivity contribution < 1.29 is 9.53 Å². The molecule has 0 radical (unpaired) electrons. The molecule has 2 saturated carbocycles. The van der Waals surface area contributed by atoms with E-state index in [0.29, 0.717) is 29.5 Å². The molecule has 0 N–H and O–H groups in total. The zero-order valence-corrected chi connectivity index (χ0v) is 15.3. The maximum atomic E-state index is 12.8. The van der Waals surface area contributed by atoms with E-state index in [1.165, 1.54) is 31.2 Å². The molecule has 3 aliphatic rings. The number of fused-ring (bicyclic) bond motifs is 5. The highest BCUT2D eigenvalue weighted by molar-refractivity contribution is 5.87. The third-order valence-corrected chi connectivity index (χ3v) is 7.44. The Labute approximate surface area is 146 Å². The van der Waals surface area contributed by atoms with Crippen molar-refractivity contribution in [3.63, 3.8) is 0 Å². The van der Waals surface area contributed by atoms with Crippen molar-refractivity contribution in [2.24, 2.45) is 23.2 Å². The summed E-state index contributed by atoms with van der Waals surface area (Å²) >= 11 is 0. The Morgan fingerprint density at radius 2 is 2.12 bits per heavy atom. The van der Waals surface area contributed by atoms with Gasteiger partial charge in [-0.15, -0.1) is 0 Å². The van der Waals surface area contributed by atoms with Crippen LogP contribution in [-0.2, 0) is 11.2 Å². The Morgan fingerprint density at radius 3 is 2.88 bits per heavy atom. The lowest BCUT2D eigenvalue weighted by Crippen LogP contribution is -2.44. The van der Waals surface area contributed by atoms with Gasteiger partial charge in [-0.3, -0.25) is 4.79 Å². The molecule has 2 heteroatoms. The summed E-state index contributed by atoms with van der Waals surface area (Å²) in [6.45, 7) is 4.55. The molecule has 2 nitrogen and oxygen atoms in total. The summed E-state index contributed by atoms with van der Waals surface area (Å²) in [4.78, 5) is 12.8. The van der Waals surface area contributed by atoms with Gasteiger partial charge in [0.1, 0.15) is 11.5 Å². The molecule has 5 unspecified atom stereocenters. The molecule has 0 aromatic heterocycles. The SMILES string of the molecule is CCCC1CC(=O)C2(C)CCC3c4ccc(OC)cc4CCC3C12. The fourth-order valence-corrected chi connectivity index (χ4v) is 6.38. The van der Waals surface area contributed by atoms with Crippen molar-refractivity contribution in [3.8, 4) is 5.75 Å². The maximum Gasteiger partial charge on any atom is 0.139 e. The summed E-state index contributed by atoms with van der Waals surface area (Å²) in [7, 11) is 1.75. The summed E-state index contributed by atoms with van der Waals surface area (Å²) in [6, 6.07) is 6.67. The number of benzene rings is 1. The van der Waals surface area contributed by atoms with Gasteiger partial charge in [-0.05, 0) is 79.0 Å². The van der Waals surface area contributed by atoms with Gasteiger partial charge in [0.25, 0.3) is 0 Å². The van der Waals surface area contributed by atoms with Crippen molar-refractivity contribution in [3.05, 3.63) is 29.3 Å². The second-order valence-electron chi connectivity index (χ2n) is 8.53. The normalized spacial score (nSPS) is 37.5. The van der Waals surface area contributed by atoms with Crippen LogP contribution in [0.25, 0.3) is 0 Å². The summed E-state index contributed by atoms with van der Waals surface area (Å²) in [6.07, 6.45) is 7.94. The van der Waals surface area contributed by atoms with Gasteiger partial charge in [0.2, 0.25) is 0 Å². The third kappa shape index (κ3) is 2.25. The van der Waals surface area contributed by atoms with E-state index in [1.54, 1.807) is 12.7 Å². The third-order valence-electron chi connectivity index (χ3n) is 7.44. The number of ether oxygens (including phenoxy) is 1. The number of methoxy groups -OCH3 is 1. The van der Waals surface area contributed by atoms with E-state index in [1.807, 2.05) is 0 Å². The number of hydrogen-bond donors (Lipinski definition) is 0. The summed E-state index contributed by atoms with van der Waals surface area (Å²) < 4.78 is 5.42. The highest BCUT2D eigenvalue weighted by Crippen LogP contribution is 2.62. The molecule has 0 amide bonds. The van der Waals surface area contributed by atoms with Crippen molar-refractivity contribution in [1.82, 2.24) is 0 Å². The summed E-state index contributed by atoms with van der Waals surface area (Å²) in [5.74, 6) is 4.13. The van der Waals surface area contributed by atoms with Gasteiger partial charge in [0.05, 0.1) is 7.11 Å². The average molecular weight is 326 g/mol. The van der Waals surface area contributed by atoms with Crippen LogP contribution in [0.2, 0.25) is 0 Å². The maximum absolute atomic E-state index is 12.8. The number of Topliss-reactive ketones (excluding diaryl/α,β-unsaturated/α-hetero) is 1. The Kier molecular flexibility index (Phi) is 3.97. The minimum absolute atomic E-state index is 0.0367.